The topological polar surface area (TPSA) is 38.1 Å². The number of nitrogens with zero attached hydrogens (tertiary/aromatic N) is 1. The van der Waals surface area contributed by atoms with Crippen molar-refractivity contribution in [3.8, 4) is 0 Å². The van der Waals surface area contributed by atoms with Crippen LogP contribution in [0.5, 0.6) is 0 Å². The molecular formula is C14H18N2O. The predicted octanol–water partition coefficient (Wildman–Crippen LogP) is 2.47. The molecule has 17 heavy (non-hydrogen) atoms. The predicted molar refractivity (Wildman–Crippen MR) is 68.3 cm³/mol. The Labute approximate surface area is 101 Å². The summed E-state index contributed by atoms with van der Waals surface area (Å²) in [7, 11) is 0. The van der Waals surface area contributed by atoms with Gasteiger partial charge in [0.25, 0.3) is 0 Å². The van der Waals surface area contributed by atoms with Crippen LogP contribution in [-0.2, 0) is 19.3 Å². The number of hydrogen-bond acceptors (Lipinski definition) is 3. The van der Waals surface area contributed by atoms with Gasteiger partial charge in [-0.1, -0.05) is 6.92 Å². The van der Waals surface area contributed by atoms with E-state index in [2.05, 4.69) is 29.4 Å². The van der Waals surface area contributed by atoms with Crippen molar-refractivity contribution in [3.05, 3.63) is 29.2 Å². The first-order valence-corrected chi connectivity index (χ1v) is 6.49. The van der Waals surface area contributed by atoms with Crippen LogP contribution in [0.3, 0.4) is 0 Å². The molecule has 0 radical (unpaired) electrons. The molecule has 1 aliphatic rings. The standard InChI is InChI=1S/C14H18N2O/c1-2-3-14-16-12-8-10-4-6-15-7-5-11(10)9-13(12)17-14/h8-9,15H,2-7H2,1H3. The van der Waals surface area contributed by atoms with Gasteiger partial charge in [-0.2, -0.15) is 0 Å². The number of rotatable bonds is 2. The van der Waals surface area contributed by atoms with E-state index in [1.807, 2.05) is 0 Å². The highest BCUT2D eigenvalue weighted by molar-refractivity contribution is 5.75. The number of hydrogen-bond donors (Lipinski definition) is 1. The normalized spacial score (nSPS) is 15.8. The smallest absolute Gasteiger partial charge is 0.195 e. The fourth-order valence-corrected chi connectivity index (χ4v) is 2.46. The molecule has 1 aliphatic heterocycles. The van der Waals surface area contributed by atoms with Crippen LogP contribution in [0.15, 0.2) is 16.5 Å². The van der Waals surface area contributed by atoms with Gasteiger partial charge in [-0.25, -0.2) is 4.98 Å². The quantitative estimate of drug-likeness (QED) is 0.861. The summed E-state index contributed by atoms with van der Waals surface area (Å²) in [6.45, 7) is 4.28. The summed E-state index contributed by atoms with van der Waals surface area (Å²) in [5, 5.41) is 3.42. The lowest BCUT2D eigenvalue weighted by atomic mass is 10.0. The van der Waals surface area contributed by atoms with Gasteiger partial charge in [0.15, 0.2) is 11.5 Å². The third-order valence-corrected chi connectivity index (χ3v) is 3.36. The first-order chi connectivity index (χ1) is 8.36. The Hall–Kier alpha value is -1.35. The lowest BCUT2D eigenvalue weighted by molar-refractivity contribution is 0.525. The first-order valence-electron chi connectivity index (χ1n) is 6.49. The molecule has 0 saturated heterocycles. The Morgan fingerprint density at radius 2 is 2.00 bits per heavy atom. The molecule has 1 N–H and O–H groups in total. The molecule has 0 atom stereocenters. The van der Waals surface area contributed by atoms with Crippen LogP contribution < -0.4 is 5.32 Å². The maximum absolute atomic E-state index is 5.78. The molecular weight excluding hydrogens is 212 g/mol. The van der Waals surface area contributed by atoms with Gasteiger partial charge < -0.3 is 9.73 Å². The summed E-state index contributed by atoms with van der Waals surface area (Å²) in [6.07, 6.45) is 4.20. The van der Waals surface area contributed by atoms with Crippen LogP contribution in [-0.4, -0.2) is 18.1 Å². The molecule has 0 fully saturated rings. The van der Waals surface area contributed by atoms with E-state index in [9.17, 15) is 0 Å². The average Bonchev–Trinajstić information content (AvgIpc) is 2.55. The fraction of sp³-hybridized carbons (Fsp3) is 0.500. The second kappa shape index (κ2) is 4.49. The molecule has 3 rings (SSSR count). The molecule has 0 aliphatic carbocycles. The number of nitrogens with one attached hydrogen (secondary N) is 1. The maximum atomic E-state index is 5.78. The zero-order valence-electron chi connectivity index (χ0n) is 10.3. The van der Waals surface area contributed by atoms with E-state index >= 15 is 0 Å². The Bertz CT molecular complexity index is 487. The van der Waals surface area contributed by atoms with Crippen molar-refractivity contribution >= 4 is 11.1 Å². The van der Waals surface area contributed by atoms with Gasteiger partial charge in [0.05, 0.1) is 0 Å². The summed E-state index contributed by atoms with van der Waals surface area (Å²) >= 11 is 0. The zero-order valence-corrected chi connectivity index (χ0v) is 10.3. The Morgan fingerprint density at radius 3 is 2.76 bits per heavy atom. The number of aryl methyl sites for hydroxylation is 1. The number of benzene rings is 1. The van der Waals surface area contributed by atoms with Crippen LogP contribution >= 0.6 is 0 Å². The van der Waals surface area contributed by atoms with E-state index in [0.717, 1.165) is 55.8 Å². The molecule has 90 valence electrons. The minimum absolute atomic E-state index is 0.876. The van der Waals surface area contributed by atoms with Crippen LogP contribution in [0, 0.1) is 0 Å². The molecule has 0 bridgehead atoms. The van der Waals surface area contributed by atoms with Gasteiger partial charge >= 0.3 is 0 Å². The largest absolute Gasteiger partial charge is 0.441 e. The Balaban J connectivity index is 2.05. The molecule has 0 spiro atoms. The molecule has 1 aromatic carbocycles. The van der Waals surface area contributed by atoms with E-state index in [4.69, 9.17) is 4.42 Å². The molecule has 0 amide bonds. The lowest BCUT2D eigenvalue weighted by Crippen LogP contribution is -2.16. The van der Waals surface area contributed by atoms with Crippen LogP contribution in [0.4, 0.5) is 0 Å². The molecule has 0 saturated carbocycles. The third kappa shape index (κ3) is 2.07. The van der Waals surface area contributed by atoms with Crippen LogP contribution in [0.1, 0.15) is 30.4 Å². The maximum Gasteiger partial charge on any atom is 0.195 e. The minimum atomic E-state index is 0.876. The zero-order chi connectivity index (χ0) is 11.7. The number of aromatic nitrogens is 1. The number of fused-ring (bicyclic) bond motifs is 2. The highest BCUT2D eigenvalue weighted by atomic mass is 16.3. The van der Waals surface area contributed by atoms with E-state index in [1.165, 1.54) is 11.1 Å². The molecule has 1 aromatic heterocycles. The van der Waals surface area contributed by atoms with Crippen molar-refractivity contribution in [1.82, 2.24) is 10.3 Å². The van der Waals surface area contributed by atoms with Crippen molar-refractivity contribution in [2.45, 2.75) is 32.6 Å². The Morgan fingerprint density at radius 1 is 1.24 bits per heavy atom. The van der Waals surface area contributed by atoms with E-state index < -0.39 is 0 Å². The highest BCUT2D eigenvalue weighted by Gasteiger charge is 2.12. The van der Waals surface area contributed by atoms with Crippen LogP contribution in [0.25, 0.3) is 11.1 Å². The molecule has 3 nitrogen and oxygen atoms in total. The van der Waals surface area contributed by atoms with Crippen molar-refractivity contribution in [2.75, 3.05) is 13.1 Å². The average molecular weight is 230 g/mol. The monoisotopic (exact) mass is 230 g/mol. The highest BCUT2D eigenvalue weighted by Crippen LogP contribution is 2.23. The minimum Gasteiger partial charge on any atom is -0.441 e. The van der Waals surface area contributed by atoms with Gasteiger partial charge in [-0.15, -0.1) is 0 Å². The molecule has 2 heterocycles. The summed E-state index contributed by atoms with van der Waals surface area (Å²) in [6, 6.07) is 4.39. The second-order valence-corrected chi connectivity index (χ2v) is 4.70. The first kappa shape index (κ1) is 10.8. The lowest BCUT2D eigenvalue weighted by Gasteiger charge is -2.03. The summed E-state index contributed by atoms with van der Waals surface area (Å²) in [5.41, 5.74) is 4.82. The summed E-state index contributed by atoms with van der Waals surface area (Å²) < 4.78 is 5.78. The van der Waals surface area contributed by atoms with Crippen LogP contribution in [0.2, 0.25) is 0 Å². The molecule has 0 unspecified atom stereocenters. The van der Waals surface area contributed by atoms with Crippen molar-refractivity contribution in [3.63, 3.8) is 0 Å². The van der Waals surface area contributed by atoms with Crippen molar-refractivity contribution < 1.29 is 4.42 Å². The van der Waals surface area contributed by atoms with Gasteiger partial charge in [0, 0.05) is 6.42 Å². The van der Waals surface area contributed by atoms with Crippen molar-refractivity contribution in [2.24, 2.45) is 0 Å². The molecule has 3 heteroatoms. The van der Waals surface area contributed by atoms with Gasteiger partial charge in [0.2, 0.25) is 0 Å². The fourth-order valence-electron chi connectivity index (χ4n) is 2.46. The number of oxazole rings is 1. The summed E-state index contributed by atoms with van der Waals surface area (Å²) in [4.78, 5) is 4.55. The van der Waals surface area contributed by atoms with E-state index in [1.54, 1.807) is 0 Å². The van der Waals surface area contributed by atoms with Gasteiger partial charge in [-0.3, -0.25) is 0 Å². The van der Waals surface area contributed by atoms with E-state index in [-0.39, 0.29) is 0 Å². The third-order valence-electron chi connectivity index (χ3n) is 3.36. The van der Waals surface area contributed by atoms with Gasteiger partial charge in [-0.05, 0) is 55.6 Å². The SMILES string of the molecule is CCCc1nc2cc3c(cc2o1)CCNCC3. The van der Waals surface area contributed by atoms with E-state index in [0.29, 0.717) is 0 Å². The van der Waals surface area contributed by atoms with Crippen molar-refractivity contribution in [1.29, 1.82) is 0 Å². The second-order valence-electron chi connectivity index (χ2n) is 4.70. The molecule has 2 aromatic rings. The summed E-state index contributed by atoms with van der Waals surface area (Å²) in [5.74, 6) is 0.876. The van der Waals surface area contributed by atoms with Gasteiger partial charge in [0.1, 0.15) is 5.52 Å². The Kier molecular flexibility index (Phi) is 2.85.